The first kappa shape index (κ1) is 17.6. The molecule has 0 saturated heterocycles. The van der Waals surface area contributed by atoms with Crippen molar-refractivity contribution < 1.29 is 4.74 Å². The molecule has 1 N–H and O–H groups in total. The van der Waals surface area contributed by atoms with Gasteiger partial charge in [0.25, 0.3) is 5.56 Å². The third-order valence-corrected chi connectivity index (χ3v) is 5.27. The predicted octanol–water partition coefficient (Wildman–Crippen LogP) is 4.03. The summed E-state index contributed by atoms with van der Waals surface area (Å²) in [5.41, 5.74) is 3.18. The number of rotatable bonds is 6. The topological polar surface area (TPSA) is 59.4 Å². The molecule has 0 fully saturated rings. The Labute approximate surface area is 161 Å². The Morgan fingerprint density at radius 1 is 1.07 bits per heavy atom. The second-order valence-electron chi connectivity index (χ2n) is 6.11. The summed E-state index contributed by atoms with van der Waals surface area (Å²) in [6.07, 6.45) is 2.43. The number of methoxy groups -OCH3 is 1. The van der Waals surface area contributed by atoms with Crippen molar-refractivity contribution >= 4 is 17.4 Å². The first-order valence-corrected chi connectivity index (χ1v) is 9.48. The lowest BCUT2D eigenvalue weighted by Crippen LogP contribution is -2.16. The highest BCUT2D eigenvalue weighted by molar-refractivity contribution is 7.99. The first-order chi connectivity index (χ1) is 13.2. The van der Waals surface area contributed by atoms with Crippen molar-refractivity contribution in [2.45, 2.75) is 16.2 Å². The van der Waals surface area contributed by atoms with E-state index in [2.05, 4.69) is 46.5 Å². The summed E-state index contributed by atoms with van der Waals surface area (Å²) in [6.45, 7) is 0.535. The molecule has 136 valence electrons. The molecule has 4 rings (SSSR count). The van der Waals surface area contributed by atoms with E-state index >= 15 is 0 Å². The van der Waals surface area contributed by atoms with E-state index in [9.17, 15) is 4.79 Å². The zero-order chi connectivity index (χ0) is 18.6. The molecule has 0 aliphatic heterocycles. The summed E-state index contributed by atoms with van der Waals surface area (Å²) in [5, 5.41) is 3.00. The molecule has 0 spiro atoms. The molecule has 2 aromatic carbocycles. The normalized spacial score (nSPS) is 11.1. The van der Waals surface area contributed by atoms with Gasteiger partial charge in [-0.3, -0.25) is 9.89 Å². The zero-order valence-corrected chi connectivity index (χ0v) is 15.7. The van der Waals surface area contributed by atoms with E-state index in [1.165, 1.54) is 9.41 Å². The van der Waals surface area contributed by atoms with Crippen molar-refractivity contribution in [1.82, 2.24) is 14.6 Å². The largest absolute Gasteiger partial charge is 0.384 e. The summed E-state index contributed by atoms with van der Waals surface area (Å²) in [4.78, 5) is 19.3. The van der Waals surface area contributed by atoms with Gasteiger partial charge in [-0.05, 0) is 29.8 Å². The number of ether oxygens (including phenoxy) is 1. The third-order valence-electron chi connectivity index (χ3n) is 4.26. The minimum atomic E-state index is -0.117. The smallest absolute Gasteiger partial charge is 0.272 e. The molecular formula is C21H19N3O2S. The third kappa shape index (κ3) is 3.82. The number of hydrogen-bond acceptors (Lipinski definition) is 4. The fourth-order valence-corrected chi connectivity index (χ4v) is 3.74. The van der Waals surface area contributed by atoms with E-state index in [-0.39, 0.29) is 5.56 Å². The Kier molecular flexibility index (Phi) is 5.09. The molecule has 0 atom stereocenters. The second kappa shape index (κ2) is 7.82. The fourth-order valence-electron chi connectivity index (χ4n) is 2.90. The van der Waals surface area contributed by atoms with Gasteiger partial charge in [0.2, 0.25) is 0 Å². The van der Waals surface area contributed by atoms with Crippen molar-refractivity contribution in [3.05, 3.63) is 82.9 Å². The van der Waals surface area contributed by atoms with Crippen LogP contribution in [0.3, 0.4) is 0 Å². The number of hydrogen-bond donors (Lipinski definition) is 1. The molecule has 4 aromatic rings. The number of nitrogens with zero attached hydrogens (tertiary/aromatic N) is 2. The van der Waals surface area contributed by atoms with Crippen molar-refractivity contribution in [1.29, 1.82) is 0 Å². The predicted molar refractivity (Wildman–Crippen MR) is 107 cm³/mol. The average Bonchev–Trinajstić information content (AvgIpc) is 3.12. The van der Waals surface area contributed by atoms with E-state index < -0.39 is 0 Å². The highest BCUT2D eigenvalue weighted by Crippen LogP contribution is 2.30. The summed E-state index contributed by atoms with van der Waals surface area (Å²) in [5.74, 6) is 0. The molecule has 27 heavy (non-hydrogen) atoms. The lowest BCUT2D eigenvalue weighted by atomic mass is 10.1. The van der Waals surface area contributed by atoms with Crippen molar-refractivity contribution in [2.24, 2.45) is 0 Å². The number of aromatic amines is 1. The Morgan fingerprint density at radius 3 is 2.56 bits per heavy atom. The van der Waals surface area contributed by atoms with Crippen LogP contribution in [0, 0.1) is 0 Å². The van der Waals surface area contributed by atoms with Crippen LogP contribution in [-0.2, 0) is 11.2 Å². The maximum atomic E-state index is 12.3. The number of benzene rings is 2. The Morgan fingerprint density at radius 2 is 1.81 bits per heavy atom. The van der Waals surface area contributed by atoms with Gasteiger partial charge >= 0.3 is 0 Å². The van der Waals surface area contributed by atoms with Gasteiger partial charge in [0.1, 0.15) is 0 Å². The van der Waals surface area contributed by atoms with Crippen molar-refractivity contribution in [3.63, 3.8) is 0 Å². The summed E-state index contributed by atoms with van der Waals surface area (Å²) < 4.78 is 6.57. The van der Waals surface area contributed by atoms with Crippen molar-refractivity contribution in [2.75, 3.05) is 13.7 Å². The van der Waals surface area contributed by atoms with Gasteiger partial charge in [-0.25, -0.2) is 9.50 Å². The summed E-state index contributed by atoms with van der Waals surface area (Å²) in [6, 6.07) is 20.1. The molecule has 0 unspecified atom stereocenters. The zero-order valence-electron chi connectivity index (χ0n) is 14.9. The molecule has 6 heteroatoms. The quantitative estimate of drug-likeness (QED) is 0.551. The van der Waals surface area contributed by atoms with Crippen LogP contribution in [0.5, 0.6) is 0 Å². The Bertz CT molecular complexity index is 1100. The SMILES string of the molecule is COCCc1cc(=O)n2[nH]cc(-c3ccc(Sc4ccccc4)cc3)c2n1. The van der Waals surface area contributed by atoms with Crippen molar-refractivity contribution in [3.8, 4) is 11.1 Å². The highest BCUT2D eigenvalue weighted by atomic mass is 32.2. The van der Waals surface area contributed by atoms with Gasteiger partial charge < -0.3 is 4.74 Å². The highest BCUT2D eigenvalue weighted by Gasteiger charge is 2.11. The molecule has 0 amide bonds. The number of aromatic nitrogens is 3. The molecule has 0 aliphatic rings. The van der Waals surface area contributed by atoms with Gasteiger partial charge in [0, 0.05) is 41.1 Å². The maximum absolute atomic E-state index is 12.3. The molecule has 2 aromatic heterocycles. The molecule has 0 saturated carbocycles. The minimum absolute atomic E-state index is 0.117. The molecule has 5 nitrogen and oxygen atoms in total. The van der Waals surface area contributed by atoms with E-state index in [1.54, 1.807) is 24.9 Å². The van der Waals surface area contributed by atoms with Crippen LogP contribution in [0.25, 0.3) is 16.8 Å². The molecule has 0 aliphatic carbocycles. The second-order valence-corrected chi connectivity index (χ2v) is 7.26. The number of fused-ring (bicyclic) bond motifs is 1. The maximum Gasteiger partial charge on any atom is 0.272 e. The van der Waals surface area contributed by atoms with Crippen LogP contribution >= 0.6 is 11.8 Å². The number of nitrogens with one attached hydrogen (secondary N) is 1. The van der Waals surface area contributed by atoms with Gasteiger partial charge in [0.05, 0.1) is 12.3 Å². The van der Waals surface area contributed by atoms with E-state index in [0.717, 1.165) is 21.7 Å². The molecule has 0 radical (unpaired) electrons. The van der Waals surface area contributed by atoms with Crippen LogP contribution in [0.1, 0.15) is 5.69 Å². The first-order valence-electron chi connectivity index (χ1n) is 8.67. The molecule has 2 heterocycles. The monoisotopic (exact) mass is 377 g/mol. The average molecular weight is 377 g/mol. The van der Waals surface area contributed by atoms with Gasteiger partial charge in [-0.2, -0.15) is 0 Å². The standard InChI is InChI=1S/C21H19N3O2S/c1-26-12-11-16-13-20(25)24-21(23-16)19(14-22-24)15-7-9-18(10-8-15)27-17-5-3-2-4-6-17/h2-10,13-14,22H,11-12H2,1H3. The van der Waals surface area contributed by atoms with E-state index in [1.807, 2.05) is 24.4 Å². The lowest BCUT2D eigenvalue weighted by Gasteiger charge is -2.05. The fraction of sp³-hybridized carbons (Fsp3) is 0.143. The summed E-state index contributed by atoms with van der Waals surface area (Å²) in [7, 11) is 1.64. The Balaban J connectivity index is 1.65. The number of H-pyrrole nitrogens is 1. The van der Waals surface area contributed by atoms with Crippen LogP contribution in [-0.4, -0.2) is 28.3 Å². The van der Waals surface area contributed by atoms with Crippen LogP contribution in [0.15, 0.2) is 81.4 Å². The van der Waals surface area contributed by atoms with Gasteiger partial charge in [-0.15, -0.1) is 0 Å². The Hall–Kier alpha value is -2.83. The van der Waals surface area contributed by atoms with Gasteiger partial charge in [0.15, 0.2) is 5.65 Å². The van der Waals surface area contributed by atoms with Crippen LogP contribution in [0.2, 0.25) is 0 Å². The molecule has 0 bridgehead atoms. The van der Waals surface area contributed by atoms with Crippen LogP contribution < -0.4 is 5.56 Å². The van der Waals surface area contributed by atoms with Crippen LogP contribution in [0.4, 0.5) is 0 Å². The van der Waals surface area contributed by atoms with Gasteiger partial charge in [-0.1, -0.05) is 42.1 Å². The minimum Gasteiger partial charge on any atom is -0.384 e. The lowest BCUT2D eigenvalue weighted by molar-refractivity contribution is 0.201. The van der Waals surface area contributed by atoms with E-state index in [0.29, 0.717) is 18.7 Å². The summed E-state index contributed by atoms with van der Waals surface area (Å²) >= 11 is 1.72. The van der Waals surface area contributed by atoms with E-state index in [4.69, 9.17) is 4.74 Å². The molecular weight excluding hydrogens is 358 g/mol.